The quantitative estimate of drug-likeness (QED) is 0.634. The molecule has 1 unspecified atom stereocenters. The molecule has 0 radical (unpaired) electrons. The van der Waals surface area contributed by atoms with E-state index in [1.54, 1.807) is 7.11 Å². The topological polar surface area (TPSA) is 35.2 Å². The molecule has 0 aliphatic rings. The normalized spacial score (nSPS) is 15.7. The number of methoxy groups -OCH3 is 1. The molecule has 0 amide bonds. The first-order chi connectivity index (χ1) is 6.24. The third-order valence-electron chi connectivity index (χ3n) is 2.72. The van der Waals surface area contributed by atoms with Gasteiger partial charge in [0.05, 0.1) is 6.61 Å². The van der Waals surface area contributed by atoms with Crippen molar-refractivity contribution >= 4 is 0 Å². The molecular formula is C11H25NO. The van der Waals surface area contributed by atoms with E-state index in [2.05, 4.69) is 13.8 Å². The van der Waals surface area contributed by atoms with Gasteiger partial charge in [-0.05, 0) is 12.8 Å². The zero-order valence-electron chi connectivity index (χ0n) is 9.44. The highest BCUT2D eigenvalue weighted by atomic mass is 16.5. The maximum absolute atomic E-state index is 5.84. The van der Waals surface area contributed by atoms with Crippen molar-refractivity contribution in [2.24, 2.45) is 11.1 Å². The average Bonchev–Trinajstić information content (AvgIpc) is 2.15. The molecule has 0 aromatic carbocycles. The van der Waals surface area contributed by atoms with Crippen LogP contribution in [0.2, 0.25) is 0 Å². The highest BCUT2D eigenvalue weighted by molar-refractivity contribution is 4.79. The molecule has 0 heterocycles. The van der Waals surface area contributed by atoms with E-state index in [4.69, 9.17) is 10.5 Å². The van der Waals surface area contributed by atoms with Gasteiger partial charge in [0.25, 0.3) is 0 Å². The van der Waals surface area contributed by atoms with Crippen molar-refractivity contribution < 1.29 is 4.74 Å². The summed E-state index contributed by atoms with van der Waals surface area (Å²) in [5.41, 5.74) is 6.09. The second-order valence-electron chi connectivity index (χ2n) is 3.99. The summed E-state index contributed by atoms with van der Waals surface area (Å²) in [6, 6.07) is 0. The Morgan fingerprint density at radius 3 is 2.23 bits per heavy atom. The minimum atomic E-state index is 0.250. The fourth-order valence-corrected chi connectivity index (χ4v) is 1.92. The standard InChI is InChI=1S/C11H25NO/c1-4-6-8-11(9-12,7-5-2)10-13-3/h4-10,12H2,1-3H3. The van der Waals surface area contributed by atoms with Crippen molar-refractivity contribution in [2.45, 2.75) is 46.0 Å². The molecule has 0 saturated carbocycles. The van der Waals surface area contributed by atoms with Crippen LogP contribution in [0.5, 0.6) is 0 Å². The Hall–Kier alpha value is -0.0800. The first-order valence-electron chi connectivity index (χ1n) is 5.43. The highest BCUT2D eigenvalue weighted by Crippen LogP contribution is 2.29. The summed E-state index contributed by atoms with van der Waals surface area (Å²) in [5, 5.41) is 0. The van der Waals surface area contributed by atoms with E-state index >= 15 is 0 Å². The molecule has 0 spiro atoms. The second-order valence-corrected chi connectivity index (χ2v) is 3.99. The maximum Gasteiger partial charge on any atom is 0.0530 e. The van der Waals surface area contributed by atoms with Gasteiger partial charge in [0.1, 0.15) is 0 Å². The summed E-state index contributed by atoms with van der Waals surface area (Å²) in [6.07, 6.45) is 6.11. The van der Waals surface area contributed by atoms with Crippen LogP contribution >= 0.6 is 0 Å². The lowest BCUT2D eigenvalue weighted by molar-refractivity contribution is 0.0686. The molecule has 0 aromatic rings. The van der Waals surface area contributed by atoms with Crippen LogP contribution in [0.4, 0.5) is 0 Å². The summed E-state index contributed by atoms with van der Waals surface area (Å²) in [5.74, 6) is 0. The molecule has 80 valence electrons. The molecule has 0 fully saturated rings. The van der Waals surface area contributed by atoms with E-state index in [1.165, 1.54) is 32.1 Å². The van der Waals surface area contributed by atoms with Crippen LogP contribution in [0.1, 0.15) is 46.0 Å². The third-order valence-corrected chi connectivity index (χ3v) is 2.72. The van der Waals surface area contributed by atoms with Crippen LogP contribution in [-0.4, -0.2) is 20.3 Å². The molecule has 0 aliphatic carbocycles. The lowest BCUT2D eigenvalue weighted by Crippen LogP contribution is -2.35. The SMILES string of the molecule is CCCCC(CN)(CCC)COC. The number of nitrogens with two attached hydrogens (primary N) is 1. The molecule has 0 aliphatic heterocycles. The number of ether oxygens (including phenoxy) is 1. The van der Waals surface area contributed by atoms with Crippen LogP contribution in [0.3, 0.4) is 0 Å². The summed E-state index contributed by atoms with van der Waals surface area (Å²) in [7, 11) is 1.77. The summed E-state index contributed by atoms with van der Waals surface area (Å²) in [6.45, 7) is 6.01. The van der Waals surface area contributed by atoms with E-state index in [0.29, 0.717) is 0 Å². The van der Waals surface area contributed by atoms with Gasteiger partial charge in [-0.25, -0.2) is 0 Å². The molecule has 2 heteroatoms. The van der Waals surface area contributed by atoms with Crippen molar-refractivity contribution in [2.75, 3.05) is 20.3 Å². The van der Waals surface area contributed by atoms with E-state index in [-0.39, 0.29) is 5.41 Å². The Bertz CT molecular complexity index is 109. The van der Waals surface area contributed by atoms with E-state index in [9.17, 15) is 0 Å². The van der Waals surface area contributed by atoms with Gasteiger partial charge in [0.2, 0.25) is 0 Å². The van der Waals surface area contributed by atoms with Gasteiger partial charge in [-0.2, -0.15) is 0 Å². The number of hydrogen-bond acceptors (Lipinski definition) is 2. The van der Waals surface area contributed by atoms with Crippen molar-refractivity contribution in [1.82, 2.24) is 0 Å². The van der Waals surface area contributed by atoms with E-state index < -0.39 is 0 Å². The lowest BCUT2D eigenvalue weighted by atomic mass is 9.79. The Morgan fingerprint density at radius 1 is 1.15 bits per heavy atom. The first kappa shape index (κ1) is 12.9. The largest absolute Gasteiger partial charge is 0.384 e. The molecule has 2 N–H and O–H groups in total. The lowest BCUT2D eigenvalue weighted by Gasteiger charge is -2.31. The van der Waals surface area contributed by atoms with Crippen molar-refractivity contribution in [3.8, 4) is 0 Å². The Balaban J connectivity index is 4.07. The van der Waals surface area contributed by atoms with Crippen LogP contribution in [0, 0.1) is 5.41 Å². The predicted octanol–water partition coefficient (Wildman–Crippen LogP) is 2.57. The Morgan fingerprint density at radius 2 is 1.85 bits per heavy atom. The zero-order chi connectivity index (χ0) is 10.2. The Labute approximate surface area is 82.8 Å². The van der Waals surface area contributed by atoms with E-state index in [0.717, 1.165) is 13.2 Å². The van der Waals surface area contributed by atoms with Gasteiger partial charge < -0.3 is 10.5 Å². The third kappa shape index (κ3) is 4.63. The van der Waals surface area contributed by atoms with Gasteiger partial charge in [-0.15, -0.1) is 0 Å². The highest BCUT2D eigenvalue weighted by Gasteiger charge is 2.26. The van der Waals surface area contributed by atoms with E-state index in [1.807, 2.05) is 0 Å². The zero-order valence-corrected chi connectivity index (χ0v) is 9.44. The van der Waals surface area contributed by atoms with Gasteiger partial charge in [-0.1, -0.05) is 33.1 Å². The van der Waals surface area contributed by atoms with Gasteiger partial charge >= 0.3 is 0 Å². The molecule has 2 nitrogen and oxygen atoms in total. The average molecular weight is 187 g/mol. The number of rotatable bonds is 8. The molecule has 1 atom stereocenters. The molecule has 0 saturated heterocycles. The van der Waals surface area contributed by atoms with Gasteiger partial charge in [-0.3, -0.25) is 0 Å². The summed E-state index contributed by atoms with van der Waals surface area (Å²) in [4.78, 5) is 0. The van der Waals surface area contributed by atoms with Gasteiger partial charge in [0, 0.05) is 19.1 Å². The van der Waals surface area contributed by atoms with Crippen molar-refractivity contribution in [3.63, 3.8) is 0 Å². The number of hydrogen-bond donors (Lipinski definition) is 1. The second kappa shape index (κ2) is 7.34. The summed E-state index contributed by atoms with van der Waals surface area (Å²) < 4.78 is 5.27. The first-order valence-corrected chi connectivity index (χ1v) is 5.43. The molecule has 0 aromatic heterocycles. The van der Waals surface area contributed by atoms with Crippen LogP contribution in [0.25, 0.3) is 0 Å². The van der Waals surface area contributed by atoms with Crippen molar-refractivity contribution in [3.05, 3.63) is 0 Å². The smallest absolute Gasteiger partial charge is 0.0530 e. The van der Waals surface area contributed by atoms with Crippen molar-refractivity contribution in [1.29, 1.82) is 0 Å². The fraction of sp³-hybridized carbons (Fsp3) is 1.00. The maximum atomic E-state index is 5.84. The molecule has 0 rings (SSSR count). The van der Waals surface area contributed by atoms with Crippen LogP contribution < -0.4 is 5.73 Å². The summed E-state index contributed by atoms with van der Waals surface area (Å²) >= 11 is 0. The minimum absolute atomic E-state index is 0.250. The molecular weight excluding hydrogens is 162 g/mol. The van der Waals surface area contributed by atoms with Crippen LogP contribution in [0.15, 0.2) is 0 Å². The van der Waals surface area contributed by atoms with Gasteiger partial charge in [0.15, 0.2) is 0 Å². The Kier molecular flexibility index (Phi) is 7.29. The predicted molar refractivity (Wildman–Crippen MR) is 57.8 cm³/mol. The molecule has 0 bridgehead atoms. The van der Waals surface area contributed by atoms with Crippen LogP contribution in [-0.2, 0) is 4.74 Å². The molecule has 13 heavy (non-hydrogen) atoms. The monoisotopic (exact) mass is 187 g/mol. The number of unbranched alkanes of at least 4 members (excludes halogenated alkanes) is 1. The minimum Gasteiger partial charge on any atom is -0.384 e. The fourth-order valence-electron chi connectivity index (χ4n) is 1.92.